The molecule has 6 heteroatoms. The Morgan fingerprint density at radius 1 is 0.778 bits per heavy atom. The highest BCUT2D eigenvalue weighted by Gasteiger charge is 2.09. The first-order valence-corrected chi connectivity index (χ1v) is 14.6. The molecule has 0 aliphatic carbocycles. The average molecular weight is 514 g/mol. The third kappa shape index (κ3) is 8.11. The standard InChI is InChI=1S/C30H32N4S2/c31-27-13-7-25(8-14-27)11-17-29-5-1-3-19-33(29)21-23-35-36-24-22-34-20-4-2-6-30(34)18-12-26-9-15-28(32)16-10-26/h1-19,31H,20-24,32H2/p+1. The molecule has 4 nitrogen and oxygen atoms in total. The molecule has 4 N–H and O–H groups in total. The normalized spacial score (nSPS) is 13.6. The molecule has 0 radical (unpaired) electrons. The number of hydrogen-bond acceptors (Lipinski definition) is 5. The van der Waals surface area contributed by atoms with Gasteiger partial charge in [0.1, 0.15) is 0 Å². The first-order valence-electron chi connectivity index (χ1n) is 12.1. The number of pyridine rings is 1. The monoisotopic (exact) mass is 513 g/mol. The summed E-state index contributed by atoms with van der Waals surface area (Å²) in [7, 11) is 3.88. The maximum atomic E-state index is 5.79. The Morgan fingerprint density at radius 2 is 1.44 bits per heavy atom. The minimum atomic E-state index is 0.787. The van der Waals surface area contributed by atoms with E-state index in [1.54, 1.807) is 0 Å². The number of aromatic nitrogens is 1. The van der Waals surface area contributed by atoms with Crippen LogP contribution in [0.25, 0.3) is 18.2 Å². The van der Waals surface area contributed by atoms with E-state index in [0.717, 1.165) is 53.6 Å². The van der Waals surface area contributed by atoms with Gasteiger partial charge in [0.2, 0.25) is 5.69 Å². The number of nitrogen functional groups attached to an aromatic ring is 2. The SMILES string of the molecule is Nc1ccc(C=CC2=CC=CCN2CCSSCC[n+]2ccccc2C=Cc2ccc(N)cc2)cc1. The summed E-state index contributed by atoms with van der Waals surface area (Å²) >= 11 is 0. The lowest BCUT2D eigenvalue weighted by molar-refractivity contribution is -0.694. The maximum absolute atomic E-state index is 5.79. The highest BCUT2D eigenvalue weighted by atomic mass is 33.1. The van der Waals surface area contributed by atoms with Crippen LogP contribution in [0.2, 0.25) is 0 Å². The van der Waals surface area contributed by atoms with Gasteiger partial charge in [-0.25, -0.2) is 0 Å². The first kappa shape index (κ1) is 25.7. The molecule has 4 rings (SSSR count). The molecule has 3 aromatic rings. The van der Waals surface area contributed by atoms with Gasteiger partial charge in [0.15, 0.2) is 12.7 Å². The second-order valence-corrected chi connectivity index (χ2v) is 11.1. The lowest BCUT2D eigenvalue weighted by Crippen LogP contribution is -2.37. The molecule has 1 aromatic heterocycles. The number of hydrogen-bond donors (Lipinski definition) is 2. The molecule has 0 saturated carbocycles. The predicted molar refractivity (Wildman–Crippen MR) is 160 cm³/mol. The van der Waals surface area contributed by atoms with Crippen LogP contribution in [0.3, 0.4) is 0 Å². The topological polar surface area (TPSA) is 59.2 Å². The molecule has 36 heavy (non-hydrogen) atoms. The Hall–Kier alpha value is -3.35. The van der Waals surface area contributed by atoms with E-state index < -0.39 is 0 Å². The van der Waals surface area contributed by atoms with E-state index in [4.69, 9.17) is 11.5 Å². The summed E-state index contributed by atoms with van der Waals surface area (Å²) in [6.45, 7) is 2.95. The molecule has 0 amide bonds. The zero-order chi connectivity index (χ0) is 25.0. The molecule has 0 unspecified atom stereocenters. The van der Waals surface area contributed by atoms with E-state index in [-0.39, 0.29) is 0 Å². The van der Waals surface area contributed by atoms with Gasteiger partial charge >= 0.3 is 0 Å². The van der Waals surface area contributed by atoms with Crippen molar-refractivity contribution in [1.82, 2.24) is 4.90 Å². The van der Waals surface area contributed by atoms with Gasteiger partial charge in [-0.2, -0.15) is 4.57 Å². The molecule has 1 aliphatic rings. The van der Waals surface area contributed by atoms with Gasteiger partial charge in [-0.3, -0.25) is 0 Å². The zero-order valence-corrected chi connectivity index (χ0v) is 22.0. The number of benzene rings is 2. The Balaban J connectivity index is 1.21. The number of allylic oxidation sites excluding steroid dienone is 3. The van der Waals surface area contributed by atoms with Gasteiger partial charge in [0, 0.05) is 54.1 Å². The van der Waals surface area contributed by atoms with Crippen LogP contribution in [0.5, 0.6) is 0 Å². The minimum absolute atomic E-state index is 0.787. The van der Waals surface area contributed by atoms with Crippen LogP contribution in [0.1, 0.15) is 16.8 Å². The summed E-state index contributed by atoms with van der Waals surface area (Å²) in [5.74, 6) is 2.14. The number of aryl methyl sites for hydroxylation is 1. The second kappa shape index (κ2) is 13.7. The Morgan fingerprint density at radius 3 is 2.17 bits per heavy atom. The molecule has 0 fully saturated rings. The van der Waals surface area contributed by atoms with Gasteiger partial charge in [-0.1, -0.05) is 64.1 Å². The molecule has 0 atom stereocenters. The highest BCUT2D eigenvalue weighted by Crippen LogP contribution is 2.22. The fraction of sp³-hybridized carbons (Fsp3) is 0.167. The number of rotatable bonds is 11. The van der Waals surface area contributed by atoms with Crippen LogP contribution in [0.15, 0.2) is 103 Å². The van der Waals surface area contributed by atoms with E-state index >= 15 is 0 Å². The largest absolute Gasteiger partial charge is 0.399 e. The zero-order valence-electron chi connectivity index (χ0n) is 20.4. The van der Waals surface area contributed by atoms with Crippen LogP contribution >= 0.6 is 21.6 Å². The molecule has 2 heterocycles. The van der Waals surface area contributed by atoms with Gasteiger partial charge in [0.05, 0.1) is 5.75 Å². The van der Waals surface area contributed by atoms with Crippen molar-refractivity contribution >= 4 is 51.2 Å². The van der Waals surface area contributed by atoms with E-state index in [0.29, 0.717) is 0 Å². The third-order valence-corrected chi connectivity index (χ3v) is 8.14. The van der Waals surface area contributed by atoms with Crippen molar-refractivity contribution in [3.05, 3.63) is 120 Å². The highest BCUT2D eigenvalue weighted by molar-refractivity contribution is 8.76. The van der Waals surface area contributed by atoms with E-state index in [9.17, 15) is 0 Å². The number of nitrogens with zero attached hydrogens (tertiary/aromatic N) is 2. The smallest absolute Gasteiger partial charge is 0.205 e. The van der Waals surface area contributed by atoms with Crippen molar-refractivity contribution in [1.29, 1.82) is 0 Å². The summed E-state index contributed by atoms with van der Waals surface area (Å²) in [6.07, 6.45) is 17.3. The molecule has 0 saturated heterocycles. The van der Waals surface area contributed by atoms with Crippen molar-refractivity contribution in [2.75, 3.05) is 36.1 Å². The second-order valence-electron chi connectivity index (χ2n) is 8.43. The summed E-state index contributed by atoms with van der Waals surface area (Å²) in [4.78, 5) is 2.42. The van der Waals surface area contributed by atoms with Crippen molar-refractivity contribution in [3.8, 4) is 0 Å². The lowest BCUT2D eigenvalue weighted by atomic mass is 10.1. The quantitative estimate of drug-likeness (QED) is 0.139. The fourth-order valence-corrected chi connectivity index (χ4v) is 5.73. The van der Waals surface area contributed by atoms with Gasteiger partial charge in [0.25, 0.3) is 0 Å². The van der Waals surface area contributed by atoms with Gasteiger partial charge in [-0.05, 0) is 59.7 Å². The van der Waals surface area contributed by atoms with Crippen molar-refractivity contribution in [2.45, 2.75) is 6.54 Å². The summed E-state index contributed by atoms with van der Waals surface area (Å²) < 4.78 is 2.31. The number of nitrogens with two attached hydrogens (primary N) is 2. The van der Waals surface area contributed by atoms with E-state index in [1.165, 1.54) is 11.4 Å². The van der Waals surface area contributed by atoms with Crippen LogP contribution < -0.4 is 16.0 Å². The Labute approximate surface area is 222 Å². The fourth-order valence-electron chi connectivity index (χ4n) is 3.77. The van der Waals surface area contributed by atoms with Crippen LogP contribution in [0.4, 0.5) is 11.4 Å². The first-order chi connectivity index (χ1) is 17.7. The lowest BCUT2D eigenvalue weighted by Gasteiger charge is -2.26. The van der Waals surface area contributed by atoms with Crippen LogP contribution in [-0.4, -0.2) is 29.5 Å². The predicted octanol–water partition coefficient (Wildman–Crippen LogP) is 6.16. The minimum Gasteiger partial charge on any atom is -0.399 e. The molecule has 0 spiro atoms. The number of anilines is 2. The van der Waals surface area contributed by atoms with E-state index in [2.05, 4.69) is 76.4 Å². The maximum Gasteiger partial charge on any atom is 0.205 e. The summed E-state index contributed by atoms with van der Waals surface area (Å²) in [5, 5.41) is 0. The van der Waals surface area contributed by atoms with E-state index in [1.807, 2.05) is 70.1 Å². The van der Waals surface area contributed by atoms with Crippen molar-refractivity contribution in [2.24, 2.45) is 0 Å². The molecule has 0 bridgehead atoms. The van der Waals surface area contributed by atoms with Gasteiger partial charge < -0.3 is 16.4 Å². The third-order valence-electron chi connectivity index (χ3n) is 5.78. The van der Waals surface area contributed by atoms with Gasteiger partial charge in [-0.15, -0.1) is 0 Å². The van der Waals surface area contributed by atoms with Crippen LogP contribution in [-0.2, 0) is 6.54 Å². The van der Waals surface area contributed by atoms with Crippen molar-refractivity contribution < 1.29 is 4.57 Å². The summed E-state index contributed by atoms with van der Waals surface area (Å²) in [6, 6.07) is 22.2. The molecule has 1 aliphatic heterocycles. The molecular formula is C30H33N4S2+. The van der Waals surface area contributed by atoms with Crippen LogP contribution in [0, 0.1) is 0 Å². The molecular weight excluding hydrogens is 480 g/mol. The Bertz CT molecular complexity index is 1230. The molecule has 184 valence electrons. The summed E-state index contributed by atoms with van der Waals surface area (Å²) in [5.41, 5.74) is 17.9. The average Bonchev–Trinajstić information content (AvgIpc) is 2.91. The Kier molecular flexibility index (Phi) is 9.77. The van der Waals surface area contributed by atoms with Crippen molar-refractivity contribution in [3.63, 3.8) is 0 Å². The molecule has 2 aromatic carbocycles.